The molecule has 0 unspecified atom stereocenters. The molecule has 6 rings (SSSR count). The number of fused-ring (bicyclic) bond motifs is 1. The highest BCUT2D eigenvalue weighted by atomic mass is 16.7. The Kier molecular flexibility index (Phi) is 22.6. The summed E-state index contributed by atoms with van der Waals surface area (Å²) in [5.41, 5.74) is -4.10. The molecule has 18 atom stereocenters. The first-order valence-corrected chi connectivity index (χ1v) is 28.6. The molecule has 454 valence electrons. The van der Waals surface area contributed by atoms with Gasteiger partial charge in [-0.05, 0) is 126 Å². The van der Waals surface area contributed by atoms with E-state index in [9.17, 15) is 44.7 Å². The van der Waals surface area contributed by atoms with Crippen molar-refractivity contribution in [1.29, 1.82) is 0 Å². The minimum Gasteiger partial charge on any atom is -0.477 e. The number of ether oxygens (including phenoxy) is 9. The number of nitrogens with one attached hydrogen (secondary N) is 1. The summed E-state index contributed by atoms with van der Waals surface area (Å²) in [5, 5.41) is 61.3. The number of likely N-dealkylation sites (N-methyl/N-ethyl adjacent to an activating group) is 2. The van der Waals surface area contributed by atoms with Crippen molar-refractivity contribution in [2.75, 3.05) is 73.1 Å². The number of pyridine rings is 1. The first kappa shape index (κ1) is 65.3. The standard InChI is InChI=1S/C58H94N4O18/c1-15-44-58(10,71)50(66)36(6)61(13)30-32(2)28-56(8,70)51(80-55-48(65)43(60(11)12)26-33(3)75-55)34(4)49(35(5)54(69)77-44)79-46-29-57(9,72-14)52(37(7)76-46)78-45(63)20-22-73-24-25-74-23-21-59-38-16-19-42-40(27-38)47(64)41(53(67)68)31-62(42)39-17-18-39/h16,19,27,31-37,39,43-44,46,48-52,55,59,65-66,70-71H,15,17-18,20-26,28-30H2,1-14H3,(H,67,68)/t32-,33-,34+,35-,36-,37+,43+,44-,46+,48-,49+,50-,51-,52+,55+,56-,57-,58-/m1/s1. The highest BCUT2D eigenvalue weighted by Crippen LogP contribution is 2.42. The number of cyclic esters (lactones) is 1. The Morgan fingerprint density at radius 1 is 0.912 bits per heavy atom. The molecule has 6 N–H and O–H groups in total. The predicted molar refractivity (Wildman–Crippen MR) is 296 cm³/mol. The molecule has 4 heterocycles. The van der Waals surface area contributed by atoms with Gasteiger partial charge in [-0.2, -0.15) is 0 Å². The van der Waals surface area contributed by atoms with E-state index in [2.05, 4.69) is 5.32 Å². The second-order valence-corrected chi connectivity index (χ2v) is 24.1. The second kappa shape index (κ2) is 27.7. The number of aromatic carboxylic acids is 1. The number of esters is 2. The Bertz CT molecular complexity index is 2440. The van der Waals surface area contributed by atoms with E-state index >= 15 is 0 Å². The number of carboxylic acid groups (broad SMARTS) is 1. The predicted octanol–water partition coefficient (Wildman–Crippen LogP) is 4.34. The van der Waals surface area contributed by atoms with E-state index in [1.165, 1.54) is 20.2 Å². The fourth-order valence-corrected chi connectivity index (χ4v) is 12.2. The molecule has 22 nitrogen and oxygen atoms in total. The number of carbonyl (C=O) groups excluding carboxylic acids is 2. The average molecular weight is 1140 g/mol. The van der Waals surface area contributed by atoms with Crippen molar-refractivity contribution in [3.63, 3.8) is 0 Å². The molecular weight excluding hydrogens is 1040 g/mol. The van der Waals surface area contributed by atoms with Crippen LogP contribution in [0, 0.1) is 17.8 Å². The molecule has 1 aromatic heterocycles. The van der Waals surface area contributed by atoms with Crippen molar-refractivity contribution in [3.05, 3.63) is 40.2 Å². The Hall–Kier alpha value is -3.88. The first-order chi connectivity index (χ1) is 37.5. The summed E-state index contributed by atoms with van der Waals surface area (Å²) in [4.78, 5) is 56.6. The molecule has 0 spiro atoms. The van der Waals surface area contributed by atoms with Crippen molar-refractivity contribution in [1.82, 2.24) is 14.4 Å². The lowest BCUT2D eigenvalue weighted by Crippen LogP contribution is -2.61. The maximum absolute atomic E-state index is 14.6. The number of aliphatic hydroxyl groups is 4. The summed E-state index contributed by atoms with van der Waals surface area (Å²) in [6.07, 6.45) is -5.95. The summed E-state index contributed by atoms with van der Waals surface area (Å²) in [5.74, 6) is -4.70. The number of carbonyl (C=O) groups is 3. The van der Waals surface area contributed by atoms with Gasteiger partial charge >= 0.3 is 17.9 Å². The van der Waals surface area contributed by atoms with Crippen molar-refractivity contribution in [2.45, 2.75) is 211 Å². The van der Waals surface area contributed by atoms with Crippen molar-refractivity contribution in [3.8, 4) is 0 Å². The zero-order chi connectivity index (χ0) is 59.2. The normalized spacial score (nSPS) is 37.2. The van der Waals surface area contributed by atoms with Crippen LogP contribution in [0.3, 0.4) is 0 Å². The van der Waals surface area contributed by atoms with Gasteiger partial charge in [0.25, 0.3) is 0 Å². The number of hydrogen-bond donors (Lipinski definition) is 6. The van der Waals surface area contributed by atoms with Gasteiger partial charge in [0.1, 0.15) is 35.1 Å². The molecule has 2 aromatic rings. The van der Waals surface area contributed by atoms with E-state index in [1.54, 1.807) is 54.5 Å². The van der Waals surface area contributed by atoms with Crippen LogP contribution in [0.4, 0.5) is 5.69 Å². The molecule has 4 fully saturated rings. The molecule has 0 radical (unpaired) electrons. The maximum atomic E-state index is 14.6. The number of hydrogen-bond acceptors (Lipinski definition) is 20. The smallest absolute Gasteiger partial charge is 0.341 e. The molecule has 1 aliphatic carbocycles. The second-order valence-electron chi connectivity index (χ2n) is 24.1. The molecular formula is C58H94N4O18. The van der Waals surface area contributed by atoms with Gasteiger partial charge in [0, 0.05) is 67.9 Å². The van der Waals surface area contributed by atoms with Crippen LogP contribution in [0.25, 0.3) is 10.9 Å². The molecule has 3 saturated heterocycles. The summed E-state index contributed by atoms with van der Waals surface area (Å²) in [7, 11) is 7.06. The SMILES string of the molecule is CC[C@H]1OC(=O)[C@H](C)[C@@H](O[C@H]2C[C@@](C)(OC)[C@@H](OC(=O)CCOCCOCCNc3ccc4c(c3)c(=O)c(C(=O)O)cn4C3CC3)[C@H](C)O2)[C@H](C)[C@@H](O[C@@H]2O[C@H](C)C[C@H](N(C)C)[C@H]2O)[C@](C)(O)C[C@@H](C)CN(C)[C@H](C)[C@@H](O)[C@]1(C)O. The zero-order valence-corrected chi connectivity index (χ0v) is 49.6. The van der Waals surface area contributed by atoms with Crippen molar-refractivity contribution < 1.29 is 82.5 Å². The van der Waals surface area contributed by atoms with E-state index in [4.69, 9.17) is 42.6 Å². The summed E-state index contributed by atoms with van der Waals surface area (Å²) >= 11 is 0. The van der Waals surface area contributed by atoms with Crippen molar-refractivity contribution >= 4 is 34.5 Å². The molecule has 1 aromatic carbocycles. The van der Waals surface area contributed by atoms with Gasteiger partial charge in [0.05, 0.1) is 74.3 Å². The summed E-state index contributed by atoms with van der Waals surface area (Å²) < 4.78 is 58.0. The van der Waals surface area contributed by atoms with Crippen LogP contribution in [0.1, 0.15) is 131 Å². The van der Waals surface area contributed by atoms with Crippen LogP contribution in [0.15, 0.2) is 29.2 Å². The zero-order valence-electron chi connectivity index (χ0n) is 49.6. The number of anilines is 1. The van der Waals surface area contributed by atoms with Gasteiger partial charge in [-0.25, -0.2) is 4.79 Å². The van der Waals surface area contributed by atoms with Gasteiger partial charge in [0.15, 0.2) is 18.7 Å². The minimum atomic E-state index is -1.87. The number of methoxy groups -OCH3 is 1. The van der Waals surface area contributed by atoms with Crippen LogP contribution >= 0.6 is 0 Å². The summed E-state index contributed by atoms with van der Waals surface area (Å²) in [6, 6.07) is 4.61. The first-order valence-electron chi connectivity index (χ1n) is 28.6. The van der Waals surface area contributed by atoms with Crippen molar-refractivity contribution in [2.24, 2.45) is 17.8 Å². The minimum absolute atomic E-state index is 0.0280. The molecule has 80 heavy (non-hydrogen) atoms. The highest BCUT2D eigenvalue weighted by molar-refractivity contribution is 5.93. The number of rotatable bonds is 20. The quantitative estimate of drug-likeness (QED) is 0.0795. The lowest BCUT2D eigenvalue weighted by atomic mass is 9.77. The van der Waals surface area contributed by atoms with Gasteiger partial charge in [-0.15, -0.1) is 0 Å². The molecule has 0 bridgehead atoms. The maximum Gasteiger partial charge on any atom is 0.341 e. The molecule has 4 aliphatic rings. The topological polar surface area (TPSA) is 276 Å². The van der Waals surface area contributed by atoms with Crippen LogP contribution in [0.5, 0.6) is 0 Å². The fourth-order valence-electron chi connectivity index (χ4n) is 12.2. The van der Waals surface area contributed by atoms with Gasteiger partial charge in [0.2, 0.25) is 5.43 Å². The lowest BCUT2D eigenvalue weighted by Gasteiger charge is -2.49. The Morgan fingerprint density at radius 3 is 2.21 bits per heavy atom. The largest absolute Gasteiger partial charge is 0.477 e. The fraction of sp³-hybridized carbons (Fsp3) is 0.793. The van der Waals surface area contributed by atoms with E-state index in [-0.39, 0.29) is 75.2 Å². The average Bonchev–Trinajstić information content (AvgIpc) is 4.26. The van der Waals surface area contributed by atoms with Crippen LogP contribution in [0.2, 0.25) is 0 Å². The number of nitrogens with zero attached hydrogens (tertiary/aromatic N) is 3. The van der Waals surface area contributed by atoms with E-state index in [0.29, 0.717) is 42.7 Å². The highest BCUT2D eigenvalue weighted by Gasteiger charge is 2.54. The van der Waals surface area contributed by atoms with E-state index < -0.39 is 113 Å². The van der Waals surface area contributed by atoms with Gasteiger partial charge in [-0.3, -0.25) is 14.4 Å². The summed E-state index contributed by atoms with van der Waals surface area (Å²) in [6.45, 7) is 19.1. The Balaban J connectivity index is 1.10. The lowest BCUT2D eigenvalue weighted by molar-refractivity contribution is -0.318. The number of benzene rings is 1. The number of aliphatic hydroxyl groups excluding tert-OH is 2. The third-order valence-electron chi connectivity index (χ3n) is 17.0. The molecule has 3 aliphatic heterocycles. The van der Waals surface area contributed by atoms with Gasteiger partial charge < -0.3 is 87.8 Å². The number of carboxylic acids is 1. The third kappa shape index (κ3) is 15.7. The van der Waals surface area contributed by atoms with E-state index in [1.807, 2.05) is 61.5 Å². The van der Waals surface area contributed by atoms with Gasteiger partial charge in [-0.1, -0.05) is 20.8 Å². The van der Waals surface area contributed by atoms with E-state index in [0.717, 1.165) is 12.8 Å². The molecule has 22 heteroatoms. The monoisotopic (exact) mass is 1130 g/mol. The third-order valence-corrected chi connectivity index (χ3v) is 17.0. The Morgan fingerprint density at radius 2 is 1.59 bits per heavy atom. The molecule has 0 amide bonds. The van der Waals surface area contributed by atoms with Crippen LogP contribution in [-0.4, -0.2) is 216 Å². The van der Waals surface area contributed by atoms with Crippen LogP contribution < -0.4 is 10.7 Å². The number of aromatic nitrogens is 1. The molecule has 1 saturated carbocycles. The van der Waals surface area contributed by atoms with Crippen LogP contribution in [-0.2, 0) is 52.2 Å². The Labute approximate surface area is 471 Å².